The Bertz CT molecular complexity index is 1080. The number of halogens is 5. The van der Waals surface area contributed by atoms with Gasteiger partial charge in [-0.1, -0.05) is 6.07 Å². The van der Waals surface area contributed by atoms with Crippen molar-refractivity contribution in [2.45, 2.75) is 19.1 Å². The first-order chi connectivity index (χ1) is 16.9. The third-order valence-electron chi connectivity index (χ3n) is 5.87. The van der Waals surface area contributed by atoms with Gasteiger partial charge in [-0.05, 0) is 30.3 Å². The number of alkyl halides is 3. The van der Waals surface area contributed by atoms with Crippen LogP contribution in [0.1, 0.15) is 12.0 Å². The number of carbonyl (C=O) groups is 2. The molecule has 0 saturated carbocycles. The Morgan fingerprint density at radius 3 is 2.39 bits per heavy atom. The van der Waals surface area contributed by atoms with Gasteiger partial charge in [-0.2, -0.15) is 13.2 Å². The second kappa shape index (κ2) is 11.2. The van der Waals surface area contributed by atoms with Gasteiger partial charge in [0, 0.05) is 55.3 Å². The van der Waals surface area contributed by atoms with Crippen molar-refractivity contribution in [2.24, 2.45) is 5.41 Å². The highest BCUT2D eigenvalue weighted by atomic mass is 19.4. The van der Waals surface area contributed by atoms with Gasteiger partial charge in [0.1, 0.15) is 17.4 Å². The highest BCUT2D eigenvalue weighted by Crippen LogP contribution is 2.37. The van der Waals surface area contributed by atoms with Crippen molar-refractivity contribution in [1.82, 2.24) is 4.90 Å². The van der Waals surface area contributed by atoms with Crippen LogP contribution in [0.5, 0.6) is 5.75 Å². The average Bonchev–Trinajstić information content (AvgIpc) is 3.00. The van der Waals surface area contributed by atoms with E-state index in [0.29, 0.717) is 62.8 Å². The minimum Gasteiger partial charge on any atom is -0.497 e. The van der Waals surface area contributed by atoms with Gasteiger partial charge >= 0.3 is 12.1 Å². The SMILES string of the molecule is COc1ccc(CN2CCOCC3(CC(=O)N(c4ccc(F)cc4)C3)C2)c(F)c1.O=C(O)C(F)(F)F. The maximum Gasteiger partial charge on any atom is 0.490 e. The quantitative estimate of drug-likeness (QED) is 0.622. The third-order valence-corrected chi connectivity index (χ3v) is 5.87. The Morgan fingerprint density at radius 2 is 1.81 bits per heavy atom. The van der Waals surface area contributed by atoms with Crippen LogP contribution < -0.4 is 9.64 Å². The van der Waals surface area contributed by atoms with Crippen molar-refractivity contribution in [2.75, 3.05) is 44.9 Å². The van der Waals surface area contributed by atoms with Crippen LogP contribution in [0.3, 0.4) is 0 Å². The predicted octanol–water partition coefficient (Wildman–Crippen LogP) is 3.86. The smallest absolute Gasteiger partial charge is 0.490 e. The fraction of sp³-hybridized carbons (Fsp3) is 0.417. The molecule has 2 aromatic carbocycles. The molecule has 1 N–H and O–H groups in total. The number of anilines is 1. The molecule has 0 radical (unpaired) electrons. The molecule has 4 rings (SSSR count). The molecule has 2 heterocycles. The van der Waals surface area contributed by atoms with E-state index in [2.05, 4.69) is 4.90 Å². The van der Waals surface area contributed by atoms with Crippen molar-refractivity contribution in [3.63, 3.8) is 0 Å². The van der Waals surface area contributed by atoms with Gasteiger partial charge in [0.05, 0.1) is 20.3 Å². The Hall–Kier alpha value is -3.25. The normalized spacial score (nSPS) is 20.6. The van der Waals surface area contributed by atoms with Crippen molar-refractivity contribution in [1.29, 1.82) is 0 Å². The Balaban J connectivity index is 0.000000454. The summed E-state index contributed by atoms with van der Waals surface area (Å²) >= 11 is 0. The first-order valence-electron chi connectivity index (χ1n) is 10.9. The van der Waals surface area contributed by atoms with E-state index in [1.54, 1.807) is 29.2 Å². The number of carbonyl (C=O) groups excluding carboxylic acids is 1. The topological polar surface area (TPSA) is 79.3 Å². The van der Waals surface area contributed by atoms with Crippen LogP contribution in [0, 0.1) is 17.0 Å². The summed E-state index contributed by atoms with van der Waals surface area (Å²) in [6.45, 7) is 3.23. The number of methoxy groups -OCH3 is 1. The minimum atomic E-state index is -5.08. The van der Waals surface area contributed by atoms with Crippen molar-refractivity contribution >= 4 is 17.6 Å². The van der Waals surface area contributed by atoms with E-state index in [1.807, 2.05) is 0 Å². The number of carboxylic acid groups (broad SMARTS) is 1. The first-order valence-corrected chi connectivity index (χ1v) is 10.9. The van der Waals surface area contributed by atoms with E-state index in [4.69, 9.17) is 19.4 Å². The maximum atomic E-state index is 14.4. The fourth-order valence-corrected chi connectivity index (χ4v) is 4.20. The molecule has 2 aliphatic heterocycles. The number of amides is 1. The van der Waals surface area contributed by atoms with Gasteiger partial charge in [-0.15, -0.1) is 0 Å². The van der Waals surface area contributed by atoms with Crippen LogP contribution in [-0.2, 0) is 20.9 Å². The molecule has 12 heteroatoms. The third kappa shape index (κ3) is 6.91. The van der Waals surface area contributed by atoms with Crippen LogP contribution >= 0.6 is 0 Å². The molecular weight excluding hydrogens is 491 g/mol. The summed E-state index contributed by atoms with van der Waals surface area (Å²) in [5, 5.41) is 7.12. The number of aliphatic carboxylic acids is 1. The molecule has 1 atom stereocenters. The number of nitrogens with zero attached hydrogens (tertiary/aromatic N) is 2. The maximum absolute atomic E-state index is 14.4. The zero-order chi connectivity index (χ0) is 26.5. The lowest BCUT2D eigenvalue weighted by Gasteiger charge is -2.31. The van der Waals surface area contributed by atoms with E-state index in [0.717, 1.165) is 0 Å². The van der Waals surface area contributed by atoms with E-state index < -0.39 is 12.1 Å². The van der Waals surface area contributed by atoms with Gasteiger partial charge in [-0.3, -0.25) is 9.69 Å². The predicted molar refractivity (Wildman–Crippen MR) is 119 cm³/mol. The molecular formula is C24H25F5N2O5. The number of hydrogen-bond acceptors (Lipinski definition) is 5. The van der Waals surface area contributed by atoms with Crippen LogP contribution in [-0.4, -0.2) is 68.0 Å². The number of hydrogen-bond donors (Lipinski definition) is 1. The summed E-state index contributed by atoms with van der Waals surface area (Å²) in [6.07, 6.45) is -4.73. The molecule has 36 heavy (non-hydrogen) atoms. The highest BCUT2D eigenvalue weighted by Gasteiger charge is 2.46. The number of ether oxygens (including phenoxy) is 2. The minimum absolute atomic E-state index is 0.00214. The van der Waals surface area contributed by atoms with Gasteiger partial charge < -0.3 is 19.5 Å². The molecule has 1 amide bonds. The van der Waals surface area contributed by atoms with Crippen LogP contribution in [0.25, 0.3) is 0 Å². The van der Waals surface area contributed by atoms with E-state index in [-0.39, 0.29) is 23.0 Å². The van der Waals surface area contributed by atoms with Crippen molar-refractivity contribution in [3.05, 3.63) is 59.7 Å². The second-order valence-corrected chi connectivity index (χ2v) is 8.66. The monoisotopic (exact) mass is 516 g/mol. The Kier molecular flexibility index (Phi) is 8.51. The fourth-order valence-electron chi connectivity index (χ4n) is 4.20. The van der Waals surface area contributed by atoms with Crippen LogP contribution in [0.15, 0.2) is 42.5 Å². The number of rotatable bonds is 4. The van der Waals surface area contributed by atoms with Gasteiger partial charge in [0.2, 0.25) is 5.91 Å². The molecule has 1 unspecified atom stereocenters. The zero-order valence-electron chi connectivity index (χ0n) is 19.4. The van der Waals surface area contributed by atoms with Gasteiger partial charge in [0.25, 0.3) is 0 Å². The number of carboxylic acids is 1. The first kappa shape index (κ1) is 27.3. The molecule has 7 nitrogen and oxygen atoms in total. The summed E-state index contributed by atoms with van der Waals surface area (Å²) in [7, 11) is 1.51. The molecule has 2 saturated heterocycles. The average molecular weight is 516 g/mol. The molecule has 196 valence electrons. The summed E-state index contributed by atoms with van der Waals surface area (Å²) in [6, 6.07) is 10.8. The zero-order valence-corrected chi connectivity index (χ0v) is 19.4. The largest absolute Gasteiger partial charge is 0.497 e. The summed E-state index contributed by atoms with van der Waals surface area (Å²) in [4.78, 5) is 25.4. The molecule has 0 bridgehead atoms. The number of benzene rings is 2. The lowest BCUT2D eigenvalue weighted by Crippen LogP contribution is -2.40. The van der Waals surface area contributed by atoms with Gasteiger partial charge in [0.15, 0.2) is 0 Å². The van der Waals surface area contributed by atoms with E-state index >= 15 is 0 Å². The molecule has 0 aromatic heterocycles. The standard InChI is InChI=1S/C22H24F2N2O3.C2HF3O2/c1-28-19-7-2-16(20(24)10-19)12-25-8-9-29-15-22(13-25)11-21(27)26(14-22)18-5-3-17(23)4-6-18;3-2(4,5)1(6)7/h2-7,10H,8-9,11-15H2,1H3;(H,6,7). The van der Waals surface area contributed by atoms with Crippen molar-refractivity contribution in [3.8, 4) is 5.75 Å². The molecule has 1 spiro atoms. The summed E-state index contributed by atoms with van der Waals surface area (Å²) in [5.74, 6) is -2.91. The lowest BCUT2D eigenvalue weighted by molar-refractivity contribution is -0.192. The molecule has 2 aliphatic rings. The van der Waals surface area contributed by atoms with Crippen LogP contribution in [0.2, 0.25) is 0 Å². The lowest BCUT2D eigenvalue weighted by atomic mass is 9.87. The van der Waals surface area contributed by atoms with Crippen LogP contribution in [0.4, 0.5) is 27.6 Å². The summed E-state index contributed by atoms with van der Waals surface area (Å²) in [5.41, 5.74) is 0.901. The molecule has 0 aliphatic carbocycles. The highest BCUT2D eigenvalue weighted by molar-refractivity contribution is 5.96. The molecule has 2 fully saturated rings. The van der Waals surface area contributed by atoms with Crippen molar-refractivity contribution < 1.29 is 46.1 Å². The van der Waals surface area contributed by atoms with E-state index in [1.165, 1.54) is 25.3 Å². The Morgan fingerprint density at radius 1 is 1.14 bits per heavy atom. The molecule has 2 aromatic rings. The summed E-state index contributed by atoms with van der Waals surface area (Å²) < 4.78 is 70.3. The second-order valence-electron chi connectivity index (χ2n) is 8.66. The van der Waals surface area contributed by atoms with Gasteiger partial charge in [-0.25, -0.2) is 13.6 Å². The Labute approximate surface area is 204 Å². The van der Waals surface area contributed by atoms with E-state index in [9.17, 15) is 26.7 Å².